The molecular weight excluding hydrogens is 388 g/mol. The molecule has 3 rings (SSSR count). The van der Waals surface area contributed by atoms with Crippen molar-refractivity contribution in [3.05, 3.63) is 64.9 Å². The van der Waals surface area contributed by atoms with Gasteiger partial charge in [-0.3, -0.25) is 14.6 Å². The van der Waals surface area contributed by atoms with E-state index in [9.17, 15) is 9.59 Å². The molecule has 1 atom stereocenters. The van der Waals surface area contributed by atoms with E-state index in [0.717, 1.165) is 17.7 Å². The van der Waals surface area contributed by atoms with Crippen LogP contribution in [0.25, 0.3) is 0 Å². The van der Waals surface area contributed by atoms with Crippen molar-refractivity contribution in [2.45, 2.75) is 39.0 Å². The minimum absolute atomic E-state index is 0.0510. The summed E-state index contributed by atoms with van der Waals surface area (Å²) < 4.78 is 5.42. The number of amides is 1. The van der Waals surface area contributed by atoms with Crippen molar-refractivity contribution in [2.24, 2.45) is 5.41 Å². The summed E-state index contributed by atoms with van der Waals surface area (Å²) in [6.45, 7) is 3.17. The van der Waals surface area contributed by atoms with Crippen LogP contribution in [0.2, 0.25) is 5.02 Å². The topological polar surface area (TPSA) is 59.5 Å². The van der Waals surface area contributed by atoms with Gasteiger partial charge in [0.1, 0.15) is 0 Å². The van der Waals surface area contributed by atoms with Crippen molar-refractivity contribution < 1.29 is 14.3 Å². The molecule has 1 aromatic heterocycles. The Kier molecular flexibility index (Phi) is 7.26. The molecule has 1 fully saturated rings. The lowest BCUT2D eigenvalue weighted by Crippen LogP contribution is -2.51. The fourth-order valence-electron chi connectivity index (χ4n) is 3.99. The molecule has 0 bridgehead atoms. The molecule has 2 heterocycles. The first-order chi connectivity index (χ1) is 14.0. The molecule has 1 amide bonds. The SMILES string of the molecule is CCOC(=O)[C@]1(Cc2cccc(Cl)c2)CCCN(C(=O)CCc2ccccn2)C1. The molecule has 1 aliphatic rings. The zero-order chi connectivity index (χ0) is 20.7. The number of likely N-dealkylation sites (tertiary alicyclic amines) is 1. The Morgan fingerprint density at radius 3 is 2.83 bits per heavy atom. The highest BCUT2D eigenvalue weighted by Crippen LogP contribution is 2.36. The van der Waals surface area contributed by atoms with E-state index in [1.807, 2.05) is 54.3 Å². The van der Waals surface area contributed by atoms with Crippen LogP contribution in [-0.4, -0.2) is 41.5 Å². The Morgan fingerprint density at radius 1 is 1.24 bits per heavy atom. The number of ether oxygens (including phenoxy) is 1. The first-order valence-corrected chi connectivity index (χ1v) is 10.5. The number of hydrogen-bond acceptors (Lipinski definition) is 4. The van der Waals surface area contributed by atoms with Gasteiger partial charge in [-0.2, -0.15) is 0 Å². The quantitative estimate of drug-likeness (QED) is 0.640. The number of pyridine rings is 1. The number of piperidine rings is 1. The first kappa shape index (κ1) is 21.3. The van der Waals surface area contributed by atoms with Crippen LogP contribution in [0, 0.1) is 5.41 Å². The van der Waals surface area contributed by atoms with Crippen LogP contribution in [0.4, 0.5) is 0 Å². The van der Waals surface area contributed by atoms with Crippen LogP contribution in [0.1, 0.15) is 37.4 Å². The number of aryl methyl sites for hydroxylation is 1. The van der Waals surface area contributed by atoms with Gasteiger partial charge in [-0.1, -0.05) is 29.8 Å². The third-order valence-corrected chi connectivity index (χ3v) is 5.63. The molecule has 0 aliphatic carbocycles. The Balaban J connectivity index is 1.74. The number of aromatic nitrogens is 1. The molecule has 0 radical (unpaired) electrons. The lowest BCUT2D eigenvalue weighted by molar-refractivity contribution is -0.160. The second kappa shape index (κ2) is 9.88. The molecule has 5 nitrogen and oxygen atoms in total. The number of rotatable bonds is 7. The highest BCUT2D eigenvalue weighted by Gasteiger charge is 2.44. The fourth-order valence-corrected chi connectivity index (χ4v) is 4.20. The number of carbonyl (C=O) groups excluding carboxylic acids is 2. The van der Waals surface area contributed by atoms with Gasteiger partial charge in [0.15, 0.2) is 0 Å². The highest BCUT2D eigenvalue weighted by molar-refractivity contribution is 6.30. The van der Waals surface area contributed by atoms with E-state index in [2.05, 4.69) is 4.98 Å². The van der Waals surface area contributed by atoms with Gasteiger partial charge in [0, 0.05) is 36.4 Å². The van der Waals surface area contributed by atoms with Gasteiger partial charge in [-0.05, 0) is 62.4 Å². The monoisotopic (exact) mass is 414 g/mol. The third-order valence-electron chi connectivity index (χ3n) is 5.39. The molecule has 29 heavy (non-hydrogen) atoms. The molecule has 1 aliphatic heterocycles. The van der Waals surface area contributed by atoms with Crippen molar-refractivity contribution in [1.29, 1.82) is 0 Å². The summed E-state index contributed by atoms with van der Waals surface area (Å²) in [5, 5.41) is 0.639. The summed E-state index contributed by atoms with van der Waals surface area (Å²) in [7, 11) is 0. The Labute approximate surface area is 177 Å². The molecule has 154 valence electrons. The Hall–Kier alpha value is -2.40. The number of halogens is 1. The van der Waals surface area contributed by atoms with Gasteiger partial charge in [0.2, 0.25) is 5.91 Å². The van der Waals surface area contributed by atoms with Crippen molar-refractivity contribution in [1.82, 2.24) is 9.88 Å². The second-order valence-corrected chi connectivity index (χ2v) is 7.98. The van der Waals surface area contributed by atoms with Crippen molar-refractivity contribution >= 4 is 23.5 Å². The van der Waals surface area contributed by atoms with Gasteiger partial charge in [-0.15, -0.1) is 0 Å². The number of hydrogen-bond donors (Lipinski definition) is 0. The van der Waals surface area contributed by atoms with E-state index in [4.69, 9.17) is 16.3 Å². The molecule has 0 spiro atoms. The average Bonchev–Trinajstić information content (AvgIpc) is 2.73. The van der Waals surface area contributed by atoms with Crippen LogP contribution in [0.5, 0.6) is 0 Å². The predicted octanol–water partition coefficient (Wildman–Crippen LogP) is 4.08. The number of benzene rings is 1. The normalized spacial score (nSPS) is 19.0. The summed E-state index contributed by atoms with van der Waals surface area (Å²) in [5.74, 6) is -0.183. The zero-order valence-corrected chi connectivity index (χ0v) is 17.5. The van der Waals surface area contributed by atoms with Gasteiger partial charge in [0.05, 0.1) is 12.0 Å². The van der Waals surface area contributed by atoms with Crippen LogP contribution >= 0.6 is 11.6 Å². The predicted molar refractivity (Wildman–Crippen MR) is 113 cm³/mol. The molecule has 1 saturated heterocycles. The lowest BCUT2D eigenvalue weighted by Gasteiger charge is -2.41. The van der Waals surface area contributed by atoms with Crippen molar-refractivity contribution in [3.8, 4) is 0 Å². The maximum Gasteiger partial charge on any atom is 0.314 e. The molecule has 0 N–H and O–H groups in total. The maximum absolute atomic E-state index is 13.0. The zero-order valence-electron chi connectivity index (χ0n) is 16.8. The maximum atomic E-state index is 13.0. The van der Waals surface area contributed by atoms with Crippen LogP contribution < -0.4 is 0 Å². The molecule has 0 saturated carbocycles. The van der Waals surface area contributed by atoms with Crippen LogP contribution in [0.3, 0.4) is 0 Å². The van der Waals surface area contributed by atoms with E-state index in [-0.39, 0.29) is 11.9 Å². The number of nitrogens with zero attached hydrogens (tertiary/aromatic N) is 2. The lowest BCUT2D eigenvalue weighted by atomic mass is 9.75. The minimum atomic E-state index is -0.737. The van der Waals surface area contributed by atoms with Gasteiger partial charge in [-0.25, -0.2) is 0 Å². The molecule has 6 heteroatoms. The van der Waals surface area contributed by atoms with Crippen LogP contribution in [-0.2, 0) is 27.2 Å². The summed E-state index contributed by atoms with van der Waals surface area (Å²) in [6.07, 6.45) is 4.69. The second-order valence-electron chi connectivity index (χ2n) is 7.55. The number of carbonyl (C=O) groups is 2. The number of esters is 1. The minimum Gasteiger partial charge on any atom is -0.466 e. The first-order valence-electron chi connectivity index (χ1n) is 10.1. The molecule has 1 aromatic carbocycles. The molecule has 2 aromatic rings. The average molecular weight is 415 g/mol. The summed E-state index contributed by atoms with van der Waals surface area (Å²) in [5.41, 5.74) is 1.14. The van der Waals surface area contributed by atoms with Gasteiger partial charge >= 0.3 is 5.97 Å². The van der Waals surface area contributed by atoms with E-state index in [0.29, 0.717) is 50.4 Å². The Morgan fingerprint density at radius 2 is 2.10 bits per heavy atom. The molecule has 0 unspecified atom stereocenters. The largest absolute Gasteiger partial charge is 0.466 e. The Bertz CT molecular complexity index is 843. The van der Waals surface area contributed by atoms with Gasteiger partial charge < -0.3 is 9.64 Å². The standard InChI is InChI=1S/C23H27ClN2O3/c1-2-29-22(28)23(16-18-7-5-8-19(24)15-18)12-6-14-26(17-23)21(27)11-10-20-9-3-4-13-25-20/h3-5,7-9,13,15H,2,6,10-12,14,16-17H2,1H3/t23-/m0/s1. The van der Waals surface area contributed by atoms with E-state index < -0.39 is 5.41 Å². The fraction of sp³-hybridized carbons (Fsp3) is 0.435. The summed E-state index contributed by atoms with van der Waals surface area (Å²) in [6, 6.07) is 13.3. The smallest absolute Gasteiger partial charge is 0.314 e. The van der Waals surface area contributed by atoms with Gasteiger partial charge in [0.25, 0.3) is 0 Å². The van der Waals surface area contributed by atoms with Crippen molar-refractivity contribution in [2.75, 3.05) is 19.7 Å². The van der Waals surface area contributed by atoms with Crippen LogP contribution in [0.15, 0.2) is 48.7 Å². The summed E-state index contributed by atoms with van der Waals surface area (Å²) >= 11 is 6.14. The highest BCUT2D eigenvalue weighted by atomic mass is 35.5. The van der Waals surface area contributed by atoms with Crippen molar-refractivity contribution in [3.63, 3.8) is 0 Å². The van der Waals surface area contributed by atoms with E-state index in [1.165, 1.54) is 0 Å². The summed E-state index contributed by atoms with van der Waals surface area (Å²) in [4.78, 5) is 31.9. The van der Waals surface area contributed by atoms with E-state index >= 15 is 0 Å². The van der Waals surface area contributed by atoms with E-state index in [1.54, 1.807) is 6.20 Å². The molecular formula is C23H27ClN2O3. The third kappa shape index (κ3) is 5.57.